The number of ketones is 1. The van der Waals surface area contributed by atoms with Gasteiger partial charge in [-0.25, -0.2) is 4.68 Å². The third-order valence-corrected chi connectivity index (χ3v) is 7.61. The second-order valence-electron chi connectivity index (χ2n) is 10.5. The van der Waals surface area contributed by atoms with Gasteiger partial charge in [0.25, 0.3) is 11.8 Å². The molecular formula is C27H34N6O6. The van der Waals surface area contributed by atoms with E-state index in [1.165, 1.54) is 18.7 Å². The quantitative estimate of drug-likeness (QED) is 0.343. The number of nitrogens with two attached hydrogens (primary N) is 1. The van der Waals surface area contributed by atoms with Crippen molar-refractivity contribution in [2.24, 2.45) is 11.7 Å². The van der Waals surface area contributed by atoms with Gasteiger partial charge in [-0.1, -0.05) is 35.0 Å². The standard InChI is InChI=1S/C27H34N6O6/c1-16-6-8-20(9-7-16)13-33-17(2)23(29-30-33)25(37)32-11-5-10-27(32)15-31(26(27)38)14-21(35)12-22(24(28)36)18(3)39-19(4)34/h6-9,18,22H,5,10-15H2,1-4H3,(H2,28,36)/t18-,22+,27?/m1/s1. The number of aryl methyl sites for hydroxylation is 1. The van der Waals surface area contributed by atoms with Gasteiger partial charge in [0.05, 0.1) is 31.2 Å². The lowest BCUT2D eigenvalue weighted by molar-refractivity contribution is -0.161. The molecule has 1 spiro atoms. The molecule has 12 heteroatoms. The third-order valence-electron chi connectivity index (χ3n) is 7.61. The summed E-state index contributed by atoms with van der Waals surface area (Å²) >= 11 is 0. The van der Waals surface area contributed by atoms with Gasteiger partial charge in [0.15, 0.2) is 11.5 Å². The van der Waals surface area contributed by atoms with Crippen molar-refractivity contribution < 1.29 is 28.7 Å². The maximum absolute atomic E-state index is 13.5. The molecule has 3 amide bonds. The number of nitrogens with zero attached hydrogens (tertiary/aromatic N) is 5. The van der Waals surface area contributed by atoms with Crippen molar-refractivity contribution in [1.82, 2.24) is 24.8 Å². The molecule has 1 unspecified atom stereocenters. The Bertz CT molecular complexity index is 1300. The van der Waals surface area contributed by atoms with Crippen LogP contribution in [0.5, 0.6) is 0 Å². The first-order valence-corrected chi connectivity index (χ1v) is 13.0. The molecule has 0 aliphatic carbocycles. The van der Waals surface area contributed by atoms with Crippen LogP contribution in [0, 0.1) is 19.8 Å². The van der Waals surface area contributed by atoms with E-state index >= 15 is 0 Å². The van der Waals surface area contributed by atoms with Crippen LogP contribution in [-0.2, 0) is 30.5 Å². The Morgan fingerprint density at radius 3 is 2.46 bits per heavy atom. The molecule has 2 saturated heterocycles. The first kappa shape index (κ1) is 27.9. The lowest BCUT2D eigenvalue weighted by Crippen LogP contribution is -2.73. The van der Waals surface area contributed by atoms with E-state index in [0.29, 0.717) is 31.6 Å². The van der Waals surface area contributed by atoms with Gasteiger partial charge in [-0.2, -0.15) is 0 Å². The molecule has 39 heavy (non-hydrogen) atoms. The summed E-state index contributed by atoms with van der Waals surface area (Å²) in [7, 11) is 0. The van der Waals surface area contributed by atoms with E-state index in [9.17, 15) is 24.0 Å². The Hall–Kier alpha value is -4.09. The second kappa shape index (κ2) is 11.0. The normalized spacial score (nSPS) is 20.1. The highest BCUT2D eigenvalue weighted by molar-refractivity contribution is 6.03. The van der Waals surface area contributed by atoms with E-state index in [1.807, 2.05) is 31.2 Å². The molecule has 12 nitrogen and oxygen atoms in total. The highest BCUT2D eigenvalue weighted by atomic mass is 16.5. The summed E-state index contributed by atoms with van der Waals surface area (Å²) in [6, 6.07) is 8.02. The van der Waals surface area contributed by atoms with Crippen LogP contribution >= 0.6 is 0 Å². The number of β-lactam (4-membered cyclic amide) rings is 1. The zero-order chi connectivity index (χ0) is 28.5. The number of hydrogen-bond acceptors (Lipinski definition) is 8. The van der Waals surface area contributed by atoms with Gasteiger partial charge in [-0.3, -0.25) is 24.0 Å². The van der Waals surface area contributed by atoms with E-state index in [4.69, 9.17) is 10.5 Å². The largest absolute Gasteiger partial charge is 0.462 e. The summed E-state index contributed by atoms with van der Waals surface area (Å²) in [5.41, 5.74) is 7.39. The van der Waals surface area contributed by atoms with Gasteiger partial charge in [0.2, 0.25) is 5.91 Å². The molecule has 0 bridgehead atoms. The zero-order valence-electron chi connectivity index (χ0n) is 22.7. The van der Waals surface area contributed by atoms with Crippen molar-refractivity contribution in [2.75, 3.05) is 19.6 Å². The third kappa shape index (κ3) is 5.55. The van der Waals surface area contributed by atoms with Crippen LogP contribution in [0.4, 0.5) is 0 Å². The highest BCUT2D eigenvalue weighted by Crippen LogP contribution is 2.40. The minimum absolute atomic E-state index is 0.203. The maximum atomic E-state index is 13.5. The molecule has 2 aliphatic heterocycles. The average Bonchev–Trinajstić information content (AvgIpc) is 3.48. The number of benzene rings is 1. The number of carbonyl (C=O) groups excluding carboxylic acids is 5. The fourth-order valence-electron chi connectivity index (χ4n) is 5.41. The molecule has 0 saturated carbocycles. The number of ether oxygens (including phenoxy) is 1. The molecule has 2 N–H and O–H groups in total. The molecule has 1 aromatic heterocycles. The molecule has 1 aromatic carbocycles. The number of esters is 1. The number of Topliss-reactive ketones (excluding diaryl/α,β-unsaturated/α-hetero) is 1. The monoisotopic (exact) mass is 538 g/mol. The minimum Gasteiger partial charge on any atom is -0.462 e. The van der Waals surface area contributed by atoms with Gasteiger partial charge in [-0.05, 0) is 39.2 Å². The predicted octanol–water partition coefficient (Wildman–Crippen LogP) is 0.773. The Labute approximate surface area is 226 Å². The van der Waals surface area contributed by atoms with E-state index in [1.54, 1.807) is 16.5 Å². The predicted molar refractivity (Wildman–Crippen MR) is 138 cm³/mol. The van der Waals surface area contributed by atoms with Crippen LogP contribution in [-0.4, -0.2) is 85.5 Å². The summed E-state index contributed by atoms with van der Waals surface area (Å²) in [5, 5.41) is 8.31. The van der Waals surface area contributed by atoms with Crippen molar-refractivity contribution in [3.63, 3.8) is 0 Å². The number of carbonyl (C=O) groups is 5. The maximum Gasteiger partial charge on any atom is 0.302 e. The molecule has 2 fully saturated rings. The molecule has 0 radical (unpaired) electrons. The minimum atomic E-state index is -1.02. The molecule has 3 heterocycles. The number of rotatable bonds is 10. The van der Waals surface area contributed by atoms with Crippen LogP contribution < -0.4 is 5.73 Å². The number of amides is 3. The van der Waals surface area contributed by atoms with E-state index in [2.05, 4.69) is 10.3 Å². The van der Waals surface area contributed by atoms with Crippen molar-refractivity contribution >= 4 is 29.5 Å². The molecular weight excluding hydrogens is 504 g/mol. The Balaban J connectivity index is 1.40. The topological polar surface area (TPSA) is 158 Å². The Morgan fingerprint density at radius 1 is 1.15 bits per heavy atom. The number of primary amides is 1. The van der Waals surface area contributed by atoms with Gasteiger partial charge in [0, 0.05) is 19.9 Å². The number of aromatic nitrogens is 3. The molecule has 4 rings (SSSR count). The fraction of sp³-hybridized carbons (Fsp3) is 0.519. The smallest absolute Gasteiger partial charge is 0.302 e. The second-order valence-corrected chi connectivity index (χ2v) is 10.5. The average molecular weight is 539 g/mol. The summed E-state index contributed by atoms with van der Waals surface area (Å²) in [6.45, 7) is 7.35. The number of hydrogen-bond donors (Lipinski definition) is 1. The van der Waals surface area contributed by atoms with Crippen molar-refractivity contribution in [2.45, 2.75) is 65.1 Å². The van der Waals surface area contributed by atoms with Gasteiger partial charge >= 0.3 is 5.97 Å². The van der Waals surface area contributed by atoms with Gasteiger partial charge in [-0.15, -0.1) is 5.10 Å². The molecule has 2 aliphatic rings. The molecule has 2 aromatic rings. The fourth-order valence-corrected chi connectivity index (χ4v) is 5.41. The first-order chi connectivity index (χ1) is 18.4. The molecule has 208 valence electrons. The SMILES string of the molecule is CC(=O)O[C@H](C)[C@H](CC(=O)CN1CC2(CCCN2C(=O)c2nnn(Cc3ccc(C)cc3)c2C)C1=O)C(N)=O. The van der Waals surface area contributed by atoms with E-state index in [0.717, 1.165) is 11.1 Å². The highest BCUT2D eigenvalue weighted by Gasteiger charge is 2.60. The first-order valence-electron chi connectivity index (χ1n) is 13.0. The van der Waals surface area contributed by atoms with Crippen molar-refractivity contribution in [3.8, 4) is 0 Å². The van der Waals surface area contributed by atoms with E-state index in [-0.39, 0.29) is 42.8 Å². The summed E-state index contributed by atoms with van der Waals surface area (Å²) in [4.78, 5) is 65.5. The zero-order valence-corrected chi connectivity index (χ0v) is 22.7. The van der Waals surface area contributed by atoms with Gasteiger partial charge < -0.3 is 20.3 Å². The van der Waals surface area contributed by atoms with Crippen molar-refractivity contribution in [3.05, 3.63) is 46.8 Å². The van der Waals surface area contributed by atoms with Crippen LogP contribution in [0.25, 0.3) is 0 Å². The van der Waals surface area contributed by atoms with Crippen LogP contribution in [0.15, 0.2) is 24.3 Å². The number of likely N-dealkylation sites (tertiary alicyclic amines) is 2. The Kier molecular flexibility index (Phi) is 7.84. The van der Waals surface area contributed by atoms with Crippen LogP contribution in [0.1, 0.15) is 60.4 Å². The summed E-state index contributed by atoms with van der Waals surface area (Å²) in [5.74, 6) is -3.40. The molecule has 3 atom stereocenters. The van der Waals surface area contributed by atoms with E-state index < -0.39 is 29.4 Å². The lowest BCUT2D eigenvalue weighted by Gasteiger charge is -2.50. The summed E-state index contributed by atoms with van der Waals surface area (Å²) in [6.07, 6.45) is 0.0195. The Morgan fingerprint density at radius 2 is 1.85 bits per heavy atom. The lowest BCUT2D eigenvalue weighted by atomic mass is 9.84. The van der Waals surface area contributed by atoms with Crippen LogP contribution in [0.2, 0.25) is 0 Å². The summed E-state index contributed by atoms with van der Waals surface area (Å²) < 4.78 is 6.69. The van der Waals surface area contributed by atoms with Crippen LogP contribution in [0.3, 0.4) is 0 Å². The van der Waals surface area contributed by atoms with Gasteiger partial charge in [0.1, 0.15) is 11.6 Å². The van der Waals surface area contributed by atoms with Crippen molar-refractivity contribution in [1.29, 1.82) is 0 Å².